The average Bonchev–Trinajstić information content (AvgIpc) is 2.88. The highest BCUT2D eigenvalue weighted by Gasteiger charge is 2.43. The van der Waals surface area contributed by atoms with Crippen LogP contribution in [0.2, 0.25) is 0 Å². The molecule has 2 aromatic carbocycles. The van der Waals surface area contributed by atoms with Crippen LogP contribution < -0.4 is 4.90 Å². The van der Waals surface area contributed by atoms with Gasteiger partial charge in [0.15, 0.2) is 6.17 Å². The zero-order chi connectivity index (χ0) is 16.0. The maximum atomic E-state index is 12.9. The van der Waals surface area contributed by atoms with Gasteiger partial charge >= 0.3 is 0 Å². The minimum atomic E-state index is -0.516. The monoisotopic (exact) mass is 306 g/mol. The van der Waals surface area contributed by atoms with Crippen LogP contribution in [0, 0.1) is 0 Å². The van der Waals surface area contributed by atoms with Gasteiger partial charge in [-0.3, -0.25) is 19.4 Å². The van der Waals surface area contributed by atoms with Crippen molar-refractivity contribution in [2.75, 3.05) is 11.4 Å². The van der Waals surface area contributed by atoms with Crippen molar-refractivity contribution in [2.24, 2.45) is 0 Å². The maximum absolute atomic E-state index is 12.9. The van der Waals surface area contributed by atoms with Crippen LogP contribution in [0.1, 0.15) is 28.4 Å². The maximum Gasteiger partial charge on any atom is 0.225 e. The van der Waals surface area contributed by atoms with Gasteiger partial charge < -0.3 is 0 Å². The van der Waals surface area contributed by atoms with E-state index in [2.05, 4.69) is 17.0 Å². The average molecular weight is 306 g/mol. The Hall–Kier alpha value is -2.46. The molecule has 116 valence electrons. The van der Waals surface area contributed by atoms with Gasteiger partial charge in [-0.05, 0) is 29.7 Å². The smallest absolute Gasteiger partial charge is 0.225 e. The fraction of sp³-hybridized carbons (Fsp3) is 0.263. The highest BCUT2D eigenvalue weighted by molar-refractivity contribution is 6.17. The van der Waals surface area contributed by atoms with E-state index in [1.807, 2.05) is 36.4 Å². The number of carbonyl (C=O) groups excluding carboxylic acids is 2. The minimum absolute atomic E-state index is 0.0233. The largest absolute Gasteiger partial charge is 0.290 e. The first kappa shape index (κ1) is 14.2. The van der Waals surface area contributed by atoms with Gasteiger partial charge in [-0.25, -0.2) is 0 Å². The number of hydrogen-bond donors (Lipinski definition) is 0. The summed E-state index contributed by atoms with van der Waals surface area (Å²) in [6.45, 7) is 3.01. The number of amides is 1. The third-order valence-corrected chi connectivity index (χ3v) is 4.75. The molecule has 0 spiro atoms. The molecule has 0 bridgehead atoms. The zero-order valence-electron chi connectivity index (χ0n) is 13.0. The Balaban J connectivity index is 1.72. The number of para-hydroxylation sites is 1. The summed E-state index contributed by atoms with van der Waals surface area (Å²) in [5, 5.41) is 0. The molecule has 1 amide bonds. The number of hydrogen-bond acceptors (Lipinski definition) is 3. The molecule has 2 aliphatic heterocycles. The Morgan fingerprint density at radius 2 is 1.74 bits per heavy atom. The lowest BCUT2D eigenvalue weighted by Crippen LogP contribution is -2.52. The Morgan fingerprint density at radius 3 is 2.52 bits per heavy atom. The van der Waals surface area contributed by atoms with Crippen LogP contribution in [0.5, 0.6) is 0 Å². The van der Waals surface area contributed by atoms with Crippen molar-refractivity contribution in [3.05, 3.63) is 65.2 Å². The summed E-state index contributed by atoms with van der Waals surface area (Å²) < 4.78 is 0. The first-order valence-corrected chi connectivity index (χ1v) is 7.90. The van der Waals surface area contributed by atoms with Crippen molar-refractivity contribution in [3.63, 3.8) is 0 Å². The van der Waals surface area contributed by atoms with E-state index in [1.54, 1.807) is 4.90 Å². The van der Waals surface area contributed by atoms with Crippen LogP contribution in [-0.4, -0.2) is 29.3 Å². The van der Waals surface area contributed by atoms with Crippen molar-refractivity contribution in [1.29, 1.82) is 0 Å². The van der Waals surface area contributed by atoms with Gasteiger partial charge in [0.25, 0.3) is 0 Å². The Labute approximate surface area is 135 Å². The highest BCUT2D eigenvalue weighted by atomic mass is 16.2. The number of anilines is 1. The lowest BCUT2D eigenvalue weighted by atomic mass is 9.99. The molecular weight excluding hydrogens is 288 g/mol. The second-order valence-electron chi connectivity index (χ2n) is 6.13. The van der Waals surface area contributed by atoms with Crippen LogP contribution in [0.3, 0.4) is 0 Å². The molecule has 2 aromatic rings. The zero-order valence-corrected chi connectivity index (χ0v) is 13.0. The first-order chi connectivity index (χ1) is 11.2. The fourth-order valence-electron chi connectivity index (χ4n) is 3.68. The van der Waals surface area contributed by atoms with Gasteiger partial charge in [0.05, 0.1) is 5.69 Å². The molecule has 0 saturated carbocycles. The summed E-state index contributed by atoms with van der Waals surface area (Å²) >= 11 is 0. The molecule has 2 heterocycles. The van der Waals surface area contributed by atoms with Gasteiger partial charge in [0, 0.05) is 25.6 Å². The van der Waals surface area contributed by atoms with Crippen molar-refractivity contribution < 1.29 is 9.59 Å². The van der Waals surface area contributed by atoms with Gasteiger partial charge in [-0.2, -0.15) is 0 Å². The molecule has 0 radical (unpaired) electrons. The van der Waals surface area contributed by atoms with E-state index < -0.39 is 6.17 Å². The molecule has 0 aliphatic carbocycles. The van der Waals surface area contributed by atoms with Crippen LogP contribution >= 0.6 is 0 Å². The van der Waals surface area contributed by atoms with Crippen LogP contribution in [0.25, 0.3) is 0 Å². The van der Waals surface area contributed by atoms with E-state index >= 15 is 0 Å². The quantitative estimate of drug-likeness (QED) is 0.813. The molecule has 0 fully saturated rings. The number of ketones is 1. The van der Waals surface area contributed by atoms with Crippen LogP contribution in [0.15, 0.2) is 48.5 Å². The van der Waals surface area contributed by atoms with Gasteiger partial charge in [0.1, 0.15) is 0 Å². The van der Waals surface area contributed by atoms with E-state index in [-0.39, 0.29) is 11.7 Å². The Morgan fingerprint density at radius 1 is 1.04 bits per heavy atom. The summed E-state index contributed by atoms with van der Waals surface area (Å²) in [6.07, 6.45) is 0.389. The normalized spacial score (nSPS) is 20.3. The number of fused-ring (bicyclic) bond motifs is 2. The number of rotatable bonds is 1. The standard InChI is InChI=1S/C19H18N2O2/c1-13(22)21-17-9-5-4-8-16(17)18(23)19(21)20-11-10-14-6-2-3-7-15(14)12-20/h2-9,19H,10-12H2,1H3. The van der Waals surface area contributed by atoms with E-state index in [9.17, 15) is 9.59 Å². The van der Waals surface area contributed by atoms with Crippen molar-refractivity contribution >= 4 is 17.4 Å². The Kier molecular flexibility index (Phi) is 3.27. The van der Waals surface area contributed by atoms with Crippen LogP contribution in [0.4, 0.5) is 5.69 Å². The summed E-state index contributed by atoms with van der Waals surface area (Å²) in [7, 11) is 0. The van der Waals surface area contributed by atoms with E-state index in [0.29, 0.717) is 12.1 Å². The second kappa shape index (κ2) is 5.32. The van der Waals surface area contributed by atoms with Gasteiger partial charge in [-0.15, -0.1) is 0 Å². The lowest BCUT2D eigenvalue weighted by molar-refractivity contribution is -0.117. The molecular formula is C19H18N2O2. The van der Waals surface area contributed by atoms with Gasteiger partial charge in [-0.1, -0.05) is 36.4 Å². The SMILES string of the molecule is CC(=O)N1c2ccccc2C(=O)C1N1CCc2ccccc2C1. The van der Waals surface area contributed by atoms with Crippen molar-refractivity contribution in [3.8, 4) is 0 Å². The molecule has 4 heteroatoms. The molecule has 0 N–H and O–H groups in total. The van der Waals surface area contributed by atoms with Crippen molar-refractivity contribution in [1.82, 2.24) is 4.90 Å². The number of Topliss-reactive ketones (excluding diaryl/α,β-unsaturated/α-hetero) is 1. The predicted octanol–water partition coefficient (Wildman–Crippen LogP) is 2.62. The van der Waals surface area contributed by atoms with E-state index in [1.165, 1.54) is 18.1 Å². The summed E-state index contributed by atoms with van der Waals surface area (Å²) in [4.78, 5) is 28.8. The molecule has 4 nitrogen and oxygen atoms in total. The summed E-state index contributed by atoms with van der Waals surface area (Å²) in [5.74, 6) is -0.0673. The fourth-order valence-corrected chi connectivity index (χ4v) is 3.68. The first-order valence-electron chi connectivity index (χ1n) is 7.90. The highest BCUT2D eigenvalue weighted by Crippen LogP contribution is 2.35. The molecule has 23 heavy (non-hydrogen) atoms. The lowest BCUT2D eigenvalue weighted by Gasteiger charge is -2.36. The predicted molar refractivity (Wildman–Crippen MR) is 88.3 cm³/mol. The third kappa shape index (κ3) is 2.18. The van der Waals surface area contributed by atoms with Gasteiger partial charge in [0.2, 0.25) is 11.7 Å². The topological polar surface area (TPSA) is 40.6 Å². The summed E-state index contributed by atoms with van der Waals surface area (Å²) in [6, 6.07) is 15.7. The number of carbonyl (C=O) groups is 2. The summed E-state index contributed by atoms with van der Waals surface area (Å²) in [5.41, 5.74) is 3.95. The molecule has 4 rings (SSSR count). The molecule has 1 unspecified atom stereocenters. The molecule has 2 aliphatic rings. The second-order valence-corrected chi connectivity index (χ2v) is 6.13. The van der Waals surface area contributed by atoms with Crippen LogP contribution in [-0.2, 0) is 17.8 Å². The number of nitrogens with zero attached hydrogens (tertiary/aromatic N) is 2. The molecule has 1 atom stereocenters. The van der Waals surface area contributed by atoms with Crippen molar-refractivity contribution in [2.45, 2.75) is 26.1 Å². The number of benzene rings is 2. The van der Waals surface area contributed by atoms with E-state index in [4.69, 9.17) is 0 Å². The molecule has 0 aromatic heterocycles. The van der Waals surface area contributed by atoms with E-state index in [0.717, 1.165) is 18.7 Å². The molecule has 0 saturated heterocycles. The minimum Gasteiger partial charge on any atom is -0.290 e. The Bertz CT molecular complexity index is 799. The third-order valence-electron chi connectivity index (χ3n) is 4.75.